The number of rotatable bonds is 1. The van der Waals surface area contributed by atoms with E-state index in [2.05, 4.69) is 16.5 Å². The quantitative estimate of drug-likeness (QED) is 0.681. The van der Waals surface area contributed by atoms with Gasteiger partial charge in [-0.25, -0.2) is 0 Å². The maximum absolute atomic E-state index is 9.01. The summed E-state index contributed by atoms with van der Waals surface area (Å²) >= 11 is 0. The molecule has 66 valence electrons. The Kier molecular flexibility index (Phi) is 1.27. The SMILES string of the molecule is N#Cc1c2c(nn1C1CC1)CNC2. The standard InChI is InChI=1S/C9H10N4/c10-3-9-7-4-11-5-8(7)12-13(9)6-1-2-6/h6,11H,1-2,4-5H2. The fourth-order valence-corrected chi connectivity index (χ4v) is 1.85. The van der Waals surface area contributed by atoms with Crippen LogP contribution in [0.3, 0.4) is 0 Å². The van der Waals surface area contributed by atoms with Crippen LogP contribution in [0, 0.1) is 11.3 Å². The second-order valence-electron chi connectivity index (χ2n) is 3.66. The molecule has 0 spiro atoms. The normalized spacial score (nSPS) is 19.9. The molecule has 1 saturated carbocycles. The van der Waals surface area contributed by atoms with Crippen molar-refractivity contribution in [3.05, 3.63) is 17.0 Å². The molecule has 0 bridgehead atoms. The summed E-state index contributed by atoms with van der Waals surface area (Å²) in [5.41, 5.74) is 2.97. The van der Waals surface area contributed by atoms with Crippen molar-refractivity contribution in [1.29, 1.82) is 5.26 Å². The van der Waals surface area contributed by atoms with Gasteiger partial charge in [-0.2, -0.15) is 10.4 Å². The van der Waals surface area contributed by atoms with Crippen LogP contribution in [0.15, 0.2) is 0 Å². The lowest BCUT2D eigenvalue weighted by atomic mass is 10.2. The van der Waals surface area contributed by atoms with Crippen LogP contribution in [0.1, 0.15) is 35.8 Å². The molecule has 4 heteroatoms. The van der Waals surface area contributed by atoms with Crippen molar-refractivity contribution in [2.75, 3.05) is 0 Å². The van der Waals surface area contributed by atoms with Gasteiger partial charge in [0.05, 0.1) is 11.7 Å². The molecule has 2 heterocycles. The molecule has 1 N–H and O–H groups in total. The highest BCUT2D eigenvalue weighted by atomic mass is 15.3. The molecule has 0 aromatic carbocycles. The zero-order valence-corrected chi connectivity index (χ0v) is 7.25. The van der Waals surface area contributed by atoms with Gasteiger partial charge in [0, 0.05) is 18.7 Å². The topological polar surface area (TPSA) is 53.6 Å². The van der Waals surface area contributed by atoms with Gasteiger partial charge in [0.1, 0.15) is 11.8 Å². The second-order valence-corrected chi connectivity index (χ2v) is 3.66. The maximum atomic E-state index is 9.01. The van der Waals surface area contributed by atoms with Crippen molar-refractivity contribution in [3.8, 4) is 6.07 Å². The van der Waals surface area contributed by atoms with Gasteiger partial charge < -0.3 is 5.32 Å². The van der Waals surface area contributed by atoms with Crippen molar-refractivity contribution < 1.29 is 0 Å². The summed E-state index contributed by atoms with van der Waals surface area (Å²) in [6, 6.07) is 2.77. The largest absolute Gasteiger partial charge is 0.307 e. The lowest BCUT2D eigenvalue weighted by Gasteiger charge is -2.00. The molecule has 0 atom stereocenters. The lowest BCUT2D eigenvalue weighted by Crippen LogP contribution is -2.08. The van der Waals surface area contributed by atoms with Gasteiger partial charge in [-0.3, -0.25) is 4.68 Å². The Bertz CT molecular complexity index is 394. The van der Waals surface area contributed by atoms with E-state index in [0.29, 0.717) is 6.04 Å². The van der Waals surface area contributed by atoms with Crippen molar-refractivity contribution in [1.82, 2.24) is 15.1 Å². The molecule has 1 fully saturated rings. The van der Waals surface area contributed by atoms with Gasteiger partial charge in [0.2, 0.25) is 0 Å². The van der Waals surface area contributed by atoms with Gasteiger partial charge in [-0.05, 0) is 12.8 Å². The van der Waals surface area contributed by atoms with Crippen LogP contribution in [0.4, 0.5) is 0 Å². The van der Waals surface area contributed by atoms with Crippen LogP contribution in [-0.2, 0) is 13.1 Å². The van der Waals surface area contributed by atoms with Crippen molar-refractivity contribution in [2.24, 2.45) is 0 Å². The molecule has 0 saturated heterocycles. The fourth-order valence-electron chi connectivity index (χ4n) is 1.85. The molecular weight excluding hydrogens is 164 g/mol. The molecule has 0 radical (unpaired) electrons. The molecule has 0 amide bonds. The summed E-state index contributed by atoms with van der Waals surface area (Å²) in [6.07, 6.45) is 2.37. The van der Waals surface area contributed by atoms with Crippen LogP contribution < -0.4 is 5.32 Å². The molecular formula is C9H10N4. The van der Waals surface area contributed by atoms with Crippen LogP contribution >= 0.6 is 0 Å². The minimum Gasteiger partial charge on any atom is -0.307 e. The lowest BCUT2D eigenvalue weighted by molar-refractivity contribution is 0.605. The molecule has 1 aliphatic carbocycles. The molecule has 1 aromatic rings. The van der Waals surface area contributed by atoms with Crippen molar-refractivity contribution in [2.45, 2.75) is 32.0 Å². The number of fused-ring (bicyclic) bond motifs is 1. The first kappa shape index (κ1) is 7.10. The minimum absolute atomic E-state index is 0.514. The minimum atomic E-state index is 0.514. The molecule has 0 unspecified atom stereocenters. The first-order chi connectivity index (χ1) is 6.40. The van der Waals surface area contributed by atoms with Gasteiger partial charge in [0.25, 0.3) is 0 Å². The first-order valence-electron chi connectivity index (χ1n) is 4.61. The van der Waals surface area contributed by atoms with Gasteiger partial charge in [-0.1, -0.05) is 0 Å². The van der Waals surface area contributed by atoms with E-state index in [9.17, 15) is 0 Å². The predicted molar refractivity (Wildman–Crippen MR) is 45.8 cm³/mol. The molecule has 3 rings (SSSR count). The number of nitriles is 1. The van der Waals surface area contributed by atoms with Crippen LogP contribution in [0.25, 0.3) is 0 Å². The highest BCUT2D eigenvalue weighted by Gasteiger charge is 2.31. The first-order valence-corrected chi connectivity index (χ1v) is 4.61. The average molecular weight is 174 g/mol. The summed E-state index contributed by atoms with van der Waals surface area (Å²) in [7, 11) is 0. The Hall–Kier alpha value is -1.34. The van der Waals surface area contributed by atoms with E-state index in [4.69, 9.17) is 5.26 Å². The Morgan fingerprint density at radius 1 is 1.46 bits per heavy atom. The molecule has 1 aliphatic heterocycles. The van der Waals surface area contributed by atoms with Gasteiger partial charge in [0.15, 0.2) is 0 Å². The number of nitrogens with one attached hydrogen (secondary N) is 1. The van der Waals surface area contributed by atoms with E-state index >= 15 is 0 Å². The zero-order chi connectivity index (χ0) is 8.84. The van der Waals surface area contributed by atoms with Crippen LogP contribution in [0.5, 0.6) is 0 Å². The molecule has 13 heavy (non-hydrogen) atoms. The molecule has 2 aliphatic rings. The summed E-state index contributed by atoms with van der Waals surface area (Å²) in [5.74, 6) is 0. The Morgan fingerprint density at radius 3 is 3.00 bits per heavy atom. The van der Waals surface area contributed by atoms with Gasteiger partial charge >= 0.3 is 0 Å². The number of aromatic nitrogens is 2. The van der Waals surface area contributed by atoms with Crippen molar-refractivity contribution in [3.63, 3.8) is 0 Å². The van der Waals surface area contributed by atoms with Gasteiger partial charge in [-0.15, -0.1) is 0 Å². The summed E-state index contributed by atoms with van der Waals surface area (Å²) < 4.78 is 1.92. The highest BCUT2D eigenvalue weighted by molar-refractivity contribution is 5.38. The Labute approximate surface area is 76.2 Å². The van der Waals surface area contributed by atoms with Crippen LogP contribution in [-0.4, -0.2) is 9.78 Å². The highest BCUT2D eigenvalue weighted by Crippen LogP contribution is 2.37. The Balaban J connectivity index is 2.15. The van der Waals surface area contributed by atoms with E-state index in [1.54, 1.807) is 0 Å². The third-order valence-corrected chi connectivity index (χ3v) is 2.68. The van der Waals surface area contributed by atoms with E-state index in [0.717, 1.165) is 30.0 Å². The summed E-state index contributed by atoms with van der Waals surface area (Å²) in [6.45, 7) is 1.63. The monoisotopic (exact) mass is 174 g/mol. The summed E-state index contributed by atoms with van der Waals surface area (Å²) in [5, 5.41) is 16.7. The van der Waals surface area contributed by atoms with E-state index in [-0.39, 0.29) is 0 Å². The van der Waals surface area contributed by atoms with E-state index in [1.165, 1.54) is 12.8 Å². The maximum Gasteiger partial charge on any atom is 0.143 e. The van der Waals surface area contributed by atoms with Crippen LogP contribution in [0.2, 0.25) is 0 Å². The molecule has 1 aromatic heterocycles. The Morgan fingerprint density at radius 2 is 2.31 bits per heavy atom. The summed E-state index contributed by atoms with van der Waals surface area (Å²) in [4.78, 5) is 0. The van der Waals surface area contributed by atoms with Crippen molar-refractivity contribution >= 4 is 0 Å². The number of nitrogens with zero attached hydrogens (tertiary/aromatic N) is 3. The second kappa shape index (κ2) is 2.33. The number of hydrogen-bond donors (Lipinski definition) is 1. The van der Waals surface area contributed by atoms with E-state index in [1.807, 2.05) is 4.68 Å². The fraction of sp³-hybridized carbons (Fsp3) is 0.556. The zero-order valence-electron chi connectivity index (χ0n) is 7.25. The predicted octanol–water partition coefficient (Wildman–Crippen LogP) is 0.693. The average Bonchev–Trinajstić information content (AvgIpc) is 2.76. The third kappa shape index (κ3) is 0.909. The molecule has 4 nitrogen and oxygen atoms in total. The number of hydrogen-bond acceptors (Lipinski definition) is 3. The smallest absolute Gasteiger partial charge is 0.143 e. The third-order valence-electron chi connectivity index (χ3n) is 2.68. The van der Waals surface area contributed by atoms with E-state index < -0.39 is 0 Å².